The number of hydrogen-bond acceptors (Lipinski definition) is 5. The number of piperidine rings is 1. The van der Waals surface area contributed by atoms with Gasteiger partial charge in [-0.3, -0.25) is 4.79 Å². The zero-order valence-electron chi connectivity index (χ0n) is 15.1. The molecule has 0 radical (unpaired) electrons. The van der Waals surface area contributed by atoms with E-state index < -0.39 is 0 Å². The molecule has 1 atom stereocenters. The summed E-state index contributed by atoms with van der Waals surface area (Å²) in [6, 6.07) is 6.20. The van der Waals surface area contributed by atoms with E-state index in [1.807, 2.05) is 13.0 Å². The van der Waals surface area contributed by atoms with Gasteiger partial charge in [-0.25, -0.2) is 14.4 Å². The molecule has 1 saturated heterocycles. The molecule has 1 aliphatic rings. The standard InChI is InChI=1S/C19H24FN5O/c1-12-8-15(20)5-6-16(12)25-19(26)11-22-18-9-17(23-13(2)24-18)14-4-3-7-21-10-14/h5-6,8-9,14,21H,3-4,7,10-11H2,1-2H3,(H,25,26)(H,22,23,24)/t14-/m0/s1. The van der Waals surface area contributed by atoms with E-state index in [0.717, 1.165) is 31.6 Å². The fraction of sp³-hybridized carbons (Fsp3) is 0.421. The van der Waals surface area contributed by atoms with Gasteiger partial charge in [-0.2, -0.15) is 0 Å². The molecular formula is C19H24FN5O. The highest BCUT2D eigenvalue weighted by Gasteiger charge is 2.18. The molecule has 3 N–H and O–H groups in total. The monoisotopic (exact) mass is 357 g/mol. The minimum absolute atomic E-state index is 0.0790. The molecule has 1 aromatic heterocycles. The van der Waals surface area contributed by atoms with E-state index in [9.17, 15) is 9.18 Å². The Hall–Kier alpha value is -2.54. The molecule has 26 heavy (non-hydrogen) atoms. The number of benzene rings is 1. The molecule has 1 aliphatic heterocycles. The van der Waals surface area contributed by atoms with Crippen molar-refractivity contribution in [3.05, 3.63) is 47.2 Å². The summed E-state index contributed by atoms with van der Waals surface area (Å²) in [7, 11) is 0. The maximum atomic E-state index is 13.1. The first-order valence-corrected chi connectivity index (χ1v) is 8.87. The van der Waals surface area contributed by atoms with Gasteiger partial charge in [0.1, 0.15) is 17.5 Å². The molecule has 1 fully saturated rings. The van der Waals surface area contributed by atoms with Gasteiger partial charge in [-0.05, 0) is 57.0 Å². The van der Waals surface area contributed by atoms with Crippen LogP contribution < -0.4 is 16.0 Å². The molecule has 0 bridgehead atoms. The fourth-order valence-corrected chi connectivity index (χ4v) is 3.13. The fourth-order valence-electron chi connectivity index (χ4n) is 3.13. The number of nitrogens with zero attached hydrogens (tertiary/aromatic N) is 2. The van der Waals surface area contributed by atoms with Crippen LogP contribution in [0.4, 0.5) is 15.9 Å². The number of hydrogen-bond donors (Lipinski definition) is 3. The molecule has 3 rings (SSSR count). The maximum Gasteiger partial charge on any atom is 0.243 e. The van der Waals surface area contributed by atoms with Crippen molar-refractivity contribution in [2.75, 3.05) is 30.3 Å². The first-order chi connectivity index (χ1) is 12.5. The summed E-state index contributed by atoms with van der Waals surface area (Å²) in [4.78, 5) is 21.1. The van der Waals surface area contributed by atoms with Crippen molar-refractivity contribution in [2.45, 2.75) is 32.6 Å². The minimum atomic E-state index is -0.320. The number of aryl methyl sites for hydroxylation is 2. The smallest absolute Gasteiger partial charge is 0.243 e. The highest BCUT2D eigenvalue weighted by molar-refractivity contribution is 5.94. The second-order valence-corrected chi connectivity index (χ2v) is 6.63. The van der Waals surface area contributed by atoms with Crippen LogP contribution in [-0.2, 0) is 4.79 Å². The van der Waals surface area contributed by atoms with Crippen molar-refractivity contribution in [1.82, 2.24) is 15.3 Å². The second-order valence-electron chi connectivity index (χ2n) is 6.63. The largest absolute Gasteiger partial charge is 0.361 e. The van der Waals surface area contributed by atoms with Crippen LogP contribution in [0, 0.1) is 19.7 Å². The molecule has 0 aliphatic carbocycles. The number of anilines is 2. The molecule has 1 amide bonds. The lowest BCUT2D eigenvalue weighted by atomic mass is 9.96. The summed E-state index contributed by atoms with van der Waals surface area (Å²) < 4.78 is 13.1. The molecule has 0 unspecified atom stereocenters. The van der Waals surface area contributed by atoms with Crippen molar-refractivity contribution in [1.29, 1.82) is 0 Å². The average molecular weight is 357 g/mol. The maximum absolute atomic E-state index is 13.1. The van der Waals surface area contributed by atoms with Crippen LogP contribution in [0.2, 0.25) is 0 Å². The van der Waals surface area contributed by atoms with Gasteiger partial charge in [0.05, 0.1) is 12.2 Å². The molecule has 6 nitrogen and oxygen atoms in total. The van der Waals surface area contributed by atoms with E-state index in [2.05, 4.69) is 25.9 Å². The van der Waals surface area contributed by atoms with Gasteiger partial charge in [-0.15, -0.1) is 0 Å². The third kappa shape index (κ3) is 4.76. The van der Waals surface area contributed by atoms with Crippen LogP contribution in [0.1, 0.15) is 35.8 Å². The summed E-state index contributed by atoms with van der Waals surface area (Å²) in [5.41, 5.74) is 2.29. The number of carbonyl (C=O) groups is 1. The van der Waals surface area contributed by atoms with Crippen molar-refractivity contribution in [2.24, 2.45) is 0 Å². The summed E-state index contributed by atoms with van der Waals surface area (Å²) in [6.07, 6.45) is 2.24. The number of carbonyl (C=O) groups excluding carboxylic acids is 1. The zero-order chi connectivity index (χ0) is 18.5. The lowest BCUT2D eigenvalue weighted by Crippen LogP contribution is -2.29. The molecule has 0 spiro atoms. The number of halogens is 1. The quantitative estimate of drug-likeness (QED) is 0.767. The van der Waals surface area contributed by atoms with E-state index >= 15 is 0 Å². The average Bonchev–Trinajstić information content (AvgIpc) is 2.63. The predicted molar refractivity (Wildman–Crippen MR) is 99.9 cm³/mol. The SMILES string of the molecule is Cc1nc(NCC(=O)Nc2ccc(F)cc2C)cc([C@H]2CCCNC2)n1. The van der Waals surface area contributed by atoms with E-state index in [1.54, 1.807) is 13.0 Å². The number of rotatable bonds is 5. The summed E-state index contributed by atoms with van der Waals surface area (Å²) in [5.74, 6) is 1.17. The first kappa shape index (κ1) is 18.3. The first-order valence-electron chi connectivity index (χ1n) is 8.87. The van der Waals surface area contributed by atoms with Gasteiger partial charge >= 0.3 is 0 Å². The van der Waals surface area contributed by atoms with Crippen LogP contribution in [0.15, 0.2) is 24.3 Å². The van der Waals surface area contributed by atoms with Crippen molar-refractivity contribution in [3.8, 4) is 0 Å². The topological polar surface area (TPSA) is 78.9 Å². The van der Waals surface area contributed by atoms with Gasteiger partial charge in [0.2, 0.25) is 5.91 Å². The number of aromatic nitrogens is 2. The van der Waals surface area contributed by atoms with E-state index in [1.165, 1.54) is 12.1 Å². The summed E-state index contributed by atoms with van der Waals surface area (Å²) >= 11 is 0. The van der Waals surface area contributed by atoms with Gasteiger partial charge in [0.15, 0.2) is 0 Å². The Labute approximate surface area is 152 Å². The van der Waals surface area contributed by atoms with Crippen molar-refractivity contribution in [3.63, 3.8) is 0 Å². The molecule has 1 aromatic carbocycles. The van der Waals surface area contributed by atoms with Crippen molar-refractivity contribution < 1.29 is 9.18 Å². The van der Waals surface area contributed by atoms with E-state index in [0.29, 0.717) is 28.8 Å². The molecule has 2 aromatic rings. The highest BCUT2D eigenvalue weighted by Crippen LogP contribution is 2.23. The van der Waals surface area contributed by atoms with E-state index in [4.69, 9.17) is 0 Å². The Morgan fingerprint density at radius 3 is 2.88 bits per heavy atom. The Morgan fingerprint density at radius 2 is 2.15 bits per heavy atom. The summed E-state index contributed by atoms with van der Waals surface area (Å²) in [6.45, 7) is 5.65. The molecular weight excluding hydrogens is 333 g/mol. The molecule has 2 heterocycles. The Kier molecular flexibility index (Phi) is 5.78. The van der Waals surface area contributed by atoms with Crippen LogP contribution in [0.3, 0.4) is 0 Å². The van der Waals surface area contributed by atoms with Crippen LogP contribution in [0.25, 0.3) is 0 Å². The molecule has 7 heteroatoms. The van der Waals surface area contributed by atoms with Gasteiger partial charge in [0.25, 0.3) is 0 Å². The van der Waals surface area contributed by atoms with Gasteiger partial charge in [-0.1, -0.05) is 0 Å². The Balaban J connectivity index is 1.61. The van der Waals surface area contributed by atoms with Gasteiger partial charge < -0.3 is 16.0 Å². The van der Waals surface area contributed by atoms with Crippen LogP contribution in [0.5, 0.6) is 0 Å². The summed E-state index contributed by atoms with van der Waals surface area (Å²) in [5, 5.41) is 9.22. The lowest BCUT2D eigenvalue weighted by Gasteiger charge is -2.22. The van der Waals surface area contributed by atoms with Crippen LogP contribution >= 0.6 is 0 Å². The van der Waals surface area contributed by atoms with Crippen LogP contribution in [-0.4, -0.2) is 35.5 Å². The second kappa shape index (κ2) is 8.23. The number of nitrogens with one attached hydrogen (secondary N) is 3. The highest BCUT2D eigenvalue weighted by atomic mass is 19.1. The molecule has 138 valence electrons. The Morgan fingerprint density at radius 1 is 1.31 bits per heavy atom. The number of amides is 1. The predicted octanol–water partition coefficient (Wildman–Crippen LogP) is 2.75. The third-order valence-corrected chi connectivity index (χ3v) is 4.47. The lowest BCUT2D eigenvalue weighted by molar-refractivity contribution is -0.114. The van der Waals surface area contributed by atoms with Crippen molar-refractivity contribution >= 4 is 17.4 Å². The minimum Gasteiger partial charge on any atom is -0.361 e. The zero-order valence-corrected chi connectivity index (χ0v) is 15.1. The normalized spacial score (nSPS) is 17.0. The van der Waals surface area contributed by atoms with Gasteiger partial charge in [0, 0.05) is 24.2 Å². The molecule has 0 saturated carbocycles. The third-order valence-electron chi connectivity index (χ3n) is 4.47. The Bertz CT molecular complexity index is 789. The van der Waals surface area contributed by atoms with E-state index in [-0.39, 0.29) is 18.3 Å².